The van der Waals surface area contributed by atoms with Gasteiger partial charge in [0.2, 0.25) is 0 Å². The number of ether oxygens (including phenoxy) is 1. The van der Waals surface area contributed by atoms with E-state index in [1.807, 2.05) is 25.4 Å². The van der Waals surface area contributed by atoms with Crippen molar-refractivity contribution in [1.82, 2.24) is 14.5 Å². The van der Waals surface area contributed by atoms with E-state index in [-0.39, 0.29) is 0 Å². The van der Waals surface area contributed by atoms with Crippen molar-refractivity contribution in [2.24, 2.45) is 13.0 Å². The summed E-state index contributed by atoms with van der Waals surface area (Å²) in [5, 5.41) is 0. The third-order valence-electron chi connectivity index (χ3n) is 3.22. The lowest BCUT2D eigenvalue weighted by atomic mass is 10.1. The van der Waals surface area contributed by atoms with Crippen LogP contribution in [0.15, 0.2) is 18.3 Å². The number of nitrogens with zero attached hydrogens (tertiary/aromatic N) is 3. The Labute approximate surface area is 94.3 Å². The number of aromatic nitrogens is 3. The number of hydrogen-bond donors (Lipinski definition) is 0. The van der Waals surface area contributed by atoms with Crippen LogP contribution in [0.4, 0.5) is 0 Å². The van der Waals surface area contributed by atoms with Gasteiger partial charge in [0.25, 0.3) is 0 Å². The predicted octanol–water partition coefficient (Wildman–Crippen LogP) is 1.55. The molecule has 1 aliphatic heterocycles. The van der Waals surface area contributed by atoms with Crippen LogP contribution < -0.4 is 0 Å². The molecule has 3 rings (SSSR count). The summed E-state index contributed by atoms with van der Waals surface area (Å²) in [6, 6.07) is 3.94. The number of imidazole rings is 1. The van der Waals surface area contributed by atoms with Gasteiger partial charge in [-0.25, -0.2) is 9.97 Å². The topological polar surface area (TPSA) is 39.9 Å². The minimum absolute atomic E-state index is 0.621. The van der Waals surface area contributed by atoms with E-state index in [1.54, 1.807) is 0 Å². The van der Waals surface area contributed by atoms with Gasteiger partial charge in [0.15, 0.2) is 5.65 Å². The standard InChI is InChI=1S/C12H15N3O/c1-15-11(7-9-4-6-16-8-9)14-10-3-2-5-13-12(10)15/h2-3,5,9H,4,6-8H2,1H3. The zero-order valence-corrected chi connectivity index (χ0v) is 9.39. The van der Waals surface area contributed by atoms with Crippen LogP contribution in [0, 0.1) is 5.92 Å². The Balaban J connectivity index is 1.94. The maximum Gasteiger partial charge on any atom is 0.159 e. The summed E-state index contributed by atoms with van der Waals surface area (Å²) in [4.78, 5) is 8.97. The lowest BCUT2D eigenvalue weighted by molar-refractivity contribution is 0.185. The van der Waals surface area contributed by atoms with Gasteiger partial charge in [-0.3, -0.25) is 0 Å². The number of hydrogen-bond acceptors (Lipinski definition) is 3. The molecule has 0 aromatic carbocycles. The average molecular weight is 217 g/mol. The molecule has 0 amide bonds. The Morgan fingerprint density at radius 1 is 1.56 bits per heavy atom. The molecule has 0 spiro atoms. The van der Waals surface area contributed by atoms with Gasteiger partial charge in [0.05, 0.1) is 0 Å². The molecule has 1 aliphatic rings. The normalized spacial score (nSPS) is 20.7. The monoisotopic (exact) mass is 217 g/mol. The van der Waals surface area contributed by atoms with E-state index < -0.39 is 0 Å². The fraction of sp³-hybridized carbons (Fsp3) is 0.500. The Kier molecular flexibility index (Phi) is 2.36. The lowest BCUT2D eigenvalue weighted by Crippen LogP contribution is -2.08. The first-order chi connectivity index (χ1) is 7.84. The van der Waals surface area contributed by atoms with Gasteiger partial charge in [-0.05, 0) is 24.5 Å². The molecule has 0 bridgehead atoms. The van der Waals surface area contributed by atoms with Crippen LogP contribution in [-0.4, -0.2) is 27.7 Å². The van der Waals surface area contributed by atoms with Crippen LogP contribution in [0.3, 0.4) is 0 Å². The summed E-state index contributed by atoms with van der Waals surface area (Å²) in [6.07, 6.45) is 3.95. The van der Waals surface area contributed by atoms with Crippen molar-refractivity contribution < 1.29 is 4.74 Å². The molecule has 1 unspecified atom stereocenters. The van der Waals surface area contributed by atoms with Gasteiger partial charge in [-0.1, -0.05) is 0 Å². The first-order valence-corrected chi connectivity index (χ1v) is 5.68. The van der Waals surface area contributed by atoms with Crippen molar-refractivity contribution in [2.75, 3.05) is 13.2 Å². The van der Waals surface area contributed by atoms with Crippen molar-refractivity contribution in [3.8, 4) is 0 Å². The van der Waals surface area contributed by atoms with Gasteiger partial charge in [-0.15, -0.1) is 0 Å². The number of rotatable bonds is 2. The highest BCUT2D eigenvalue weighted by Gasteiger charge is 2.19. The van der Waals surface area contributed by atoms with E-state index >= 15 is 0 Å². The molecule has 1 saturated heterocycles. The first kappa shape index (κ1) is 9.78. The summed E-state index contributed by atoms with van der Waals surface area (Å²) in [6.45, 7) is 1.77. The predicted molar refractivity (Wildman–Crippen MR) is 61.1 cm³/mol. The maximum absolute atomic E-state index is 5.39. The van der Waals surface area contributed by atoms with Crippen molar-refractivity contribution in [3.63, 3.8) is 0 Å². The average Bonchev–Trinajstić information content (AvgIpc) is 2.90. The smallest absolute Gasteiger partial charge is 0.159 e. The number of fused-ring (bicyclic) bond motifs is 1. The van der Waals surface area contributed by atoms with E-state index in [0.29, 0.717) is 5.92 Å². The van der Waals surface area contributed by atoms with Crippen LogP contribution in [-0.2, 0) is 18.2 Å². The molecule has 2 aromatic heterocycles. The molecular weight excluding hydrogens is 202 g/mol. The van der Waals surface area contributed by atoms with E-state index in [4.69, 9.17) is 4.74 Å². The maximum atomic E-state index is 5.39. The van der Waals surface area contributed by atoms with Gasteiger partial charge in [-0.2, -0.15) is 0 Å². The van der Waals surface area contributed by atoms with Crippen LogP contribution in [0.25, 0.3) is 11.2 Å². The summed E-state index contributed by atoms with van der Waals surface area (Å²) in [5.41, 5.74) is 1.95. The van der Waals surface area contributed by atoms with Gasteiger partial charge in [0, 0.05) is 32.9 Å². The SMILES string of the molecule is Cn1c(CC2CCOC2)nc2cccnc21. The molecule has 84 valence electrons. The van der Waals surface area contributed by atoms with Crippen molar-refractivity contribution in [2.45, 2.75) is 12.8 Å². The molecule has 16 heavy (non-hydrogen) atoms. The Morgan fingerprint density at radius 2 is 2.50 bits per heavy atom. The van der Waals surface area contributed by atoms with Crippen LogP contribution in [0.1, 0.15) is 12.2 Å². The summed E-state index contributed by atoms with van der Waals surface area (Å²) < 4.78 is 7.48. The highest BCUT2D eigenvalue weighted by atomic mass is 16.5. The van der Waals surface area contributed by atoms with E-state index in [9.17, 15) is 0 Å². The van der Waals surface area contributed by atoms with Crippen molar-refractivity contribution >= 4 is 11.2 Å². The summed E-state index contributed by atoms with van der Waals surface area (Å²) >= 11 is 0. The Bertz CT molecular complexity index is 500. The highest BCUT2D eigenvalue weighted by molar-refractivity contribution is 5.70. The molecule has 2 aromatic rings. The third kappa shape index (κ3) is 1.59. The molecule has 0 aliphatic carbocycles. The van der Waals surface area contributed by atoms with Crippen LogP contribution >= 0.6 is 0 Å². The molecule has 3 heterocycles. The quantitative estimate of drug-likeness (QED) is 0.766. The van der Waals surface area contributed by atoms with Gasteiger partial charge < -0.3 is 9.30 Å². The minimum Gasteiger partial charge on any atom is -0.381 e. The molecule has 1 atom stereocenters. The number of pyridine rings is 1. The third-order valence-corrected chi connectivity index (χ3v) is 3.22. The molecular formula is C12H15N3O. The first-order valence-electron chi connectivity index (χ1n) is 5.68. The van der Waals surface area contributed by atoms with Crippen LogP contribution in [0.2, 0.25) is 0 Å². The second-order valence-electron chi connectivity index (χ2n) is 4.37. The van der Waals surface area contributed by atoms with Gasteiger partial charge >= 0.3 is 0 Å². The molecule has 0 saturated carbocycles. The molecule has 4 heteroatoms. The fourth-order valence-electron chi connectivity index (χ4n) is 2.26. The molecule has 0 radical (unpaired) electrons. The minimum atomic E-state index is 0.621. The summed E-state index contributed by atoms with van der Waals surface area (Å²) in [5.74, 6) is 1.74. The van der Waals surface area contributed by atoms with E-state index in [1.165, 1.54) is 0 Å². The van der Waals surface area contributed by atoms with E-state index in [2.05, 4.69) is 14.5 Å². The summed E-state index contributed by atoms with van der Waals surface area (Å²) in [7, 11) is 2.04. The molecule has 0 N–H and O–H groups in total. The number of aryl methyl sites for hydroxylation is 1. The van der Waals surface area contributed by atoms with Crippen molar-refractivity contribution in [1.29, 1.82) is 0 Å². The Hall–Kier alpha value is -1.42. The largest absolute Gasteiger partial charge is 0.381 e. The van der Waals surface area contributed by atoms with E-state index in [0.717, 1.165) is 43.0 Å². The van der Waals surface area contributed by atoms with Crippen LogP contribution in [0.5, 0.6) is 0 Å². The second-order valence-corrected chi connectivity index (χ2v) is 4.37. The zero-order valence-electron chi connectivity index (χ0n) is 9.39. The van der Waals surface area contributed by atoms with Gasteiger partial charge in [0.1, 0.15) is 11.3 Å². The Morgan fingerprint density at radius 3 is 3.25 bits per heavy atom. The molecule has 4 nitrogen and oxygen atoms in total. The molecule has 1 fully saturated rings. The van der Waals surface area contributed by atoms with Crippen molar-refractivity contribution in [3.05, 3.63) is 24.2 Å². The zero-order chi connectivity index (χ0) is 11.0. The second kappa shape index (κ2) is 3.87. The fourth-order valence-corrected chi connectivity index (χ4v) is 2.26. The lowest BCUT2D eigenvalue weighted by Gasteiger charge is -2.06. The highest BCUT2D eigenvalue weighted by Crippen LogP contribution is 2.19.